The standard InChI is InChI=1S/C23H27N5O3.H2/c1-14-5-6-16(15(2)26-14)11-24-21-10-22(27-28(3)23(21)29)31-13-17-9-19(17)20-8-7-18(30-4)12-25-20;/h5-8,10,12,17,19,24H,9,11,13H2,1-4H3;1H. The Kier molecular flexibility index (Phi) is 5.88. The molecule has 0 saturated heterocycles. The quantitative estimate of drug-likeness (QED) is 0.595. The van der Waals surface area contributed by atoms with E-state index < -0.39 is 0 Å². The monoisotopic (exact) mass is 423 g/mol. The number of anilines is 1. The van der Waals surface area contributed by atoms with Gasteiger partial charge in [0.1, 0.15) is 11.4 Å². The number of aromatic nitrogens is 4. The zero-order valence-corrected chi connectivity index (χ0v) is 18.3. The average Bonchev–Trinajstić information content (AvgIpc) is 3.54. The number of methoxy groups -OCH3 is 1. The predicted octanol–water partition coefficient (Wildman–Crippen LogP) is 3.24. The molecule has 1 N–H and O–H groups in total. The maximum atomic E-state index is 12.5. The highest BCUT2D eigenvalue weighted by Gasteiger charge is 2.40. The molecule has 31 heavy (non-hydrogen) atoms. The molecule has 1 aliphatic rings. The lowest BCUT2D eigenvalue weighted by atomic mass is 10.2. The molecule has 1 saturated carbocycles. The number of hydrogen-bond donors (Lipinski definition) is 1. The smallest absolute Gasteiger partial charge is 0.290 e. The van der Waals surface area contributed by atoms with Crippen molar-refractivity contribution in [2.45, 2.75) is 32.7 Å². The van der Waals surface area contributed by atoms with Crippen LogP contribution in [-0.4, -0.2) is 33.5 Å². The van der Waals surface area contributed by atoms with E-state index in [1.54, 1.807) is 26.4 Å². The van der Waals surface area contributed by atoms with Gasteiger partial charge in [0, 0.05) is 50.0 Å². The second-order valence-corrected chi connectivity index (χ2v) is 7.91. The van der Waals surface area contributed by atoms with Crippen molar-refractivity contribution in [3.8, 4) is 11.6 Å². The van der Waals surface area contributed by atoms with Gasteiger partial charge in [-0.2, -0.15) is 0 Å². The Balaban J connectivity index is 0.00000289. The molecule has 0 aliphatic heterocycles. The zero-order valence-electron chi connectivity index (χ0n) is 18.3. The Morgan fingerprint density at radius 3 is 2.81 bits per heavy atom. The molecule has 3 heterocycles. The third kappa shape index (κ3) is 4.84. The number of aryl methyl sites for hydroxylation is 3. The Hall–Kier alpha value is -3.42. The Labute approximate surface area is 182 Å². The van der Waals surface area contributed by atoms with E-state index in [0.29, 0.717) is 36.6 Å². The van der Waals surface area contributed by atoms with Crippen LogP contribution < -0.4 is 20.3 Å². The SMILES string of the molecule is COc1ccc(C2CC2COc2cc(NCc3ccc(C)nc3C)c(=O)n(C)n2)nc1.[HH]. The van der Waals surface area contributed by atoms with Crippen molar-refractivity contribution in [3.63, 3.8) is 0 Å². The first-order chi connectivity index (χ1) is 14.9. The molecule has 0 radical (unpaired) electrons. The van der Waals surface area contributed by atoms with Gasteiger partial charge in [0.15, 0.2) is 0 Å². The highest BCUT2D eigenvalue weighted by Crippen LogP contribution is 2.46. The number of pyridine rings is 2. The van der Waals surface area contributed by atoms with Crippen molar-refractivity contribution >= 4 is 5.69 Å². The highest BCUT2D eigenvalue weighted by molar-refractivity contribution is 5.44. The van der Waals surface area contributed by atoms with Gasteiger partial charge < -0.3 is 14.8 Å². The van der Waals surface area contributed by atoms with Crippen molar-refractivity contribution in [1.82, 2.24) is 19.7 Å². The normalized spacial score (nSPS) is 17.3. The molecule has 0 aromatic carbocycles. The Morgan fingerprint density at radius 2 is 2.10 bits per heavy atom. The third-order valence-electron chi connectivity index (χ3n) is 5.59. The summed E-state index contributed by atoms with van der Waals surface area (Å²) in [5.74, 6) is 1.95. The van der Waals surface area contributed by atoms with Gasteiger partial charge >= 0.3 is 0 Å². The summed E-state index contributed by atoms with van der Waals surface area (Å²) in [6.45, 7) is 4.96. The molecule has 1 aliphatic carbocycles. The molecule has 1 fully saturated rings. The minimum absolute atomic E-state index is 0. The highest BCUT2D eigenvalue weighted by atomic mass is 16.5. The van der Waals surface area contributed by atoms with Gasteiger partial charge in [-0.3, -0.25) is 14.8 Å². The fourth-order valence-electron chi connectivity index (χ4n) is 3.59. The Bertz CT molecular complexity index is 1130. The second-order valence-electron chi connectivity index (χ2n) is 7.91. The van der Waals surface area contributed by atoms with Crippen LogP contribution in [0.2, 0.25) is 0 Å². The van der Waals surface area contributed by atoms with Crippen LogP contribution in [0.4, 0.5) is 5.69 Å². The van der Waals surface area contributed by atoms with Crippen LogP contribution >= 0.6 is 0 Å². The molecule has 8 heteroatoms. The van der Waals surface area contributed by atoms with Crippen LogP contribution in [0.5, 0.6) is 11.6 Å². The van der Waals surface area contributed by atoms with Crippen LogP contribution in [0.15, 0.2) is 41.3 Å². The van der Waals surface area contributed by atoms with E-state index in [1.165, 1.54) is 4.68 Å². The molecule has 2 unspecified atom stereocenters. The van der Waals surface area contributed by atoms with E-state index in [-0.39, 0.29) is 6.99 Å². The second kappa shape index (κ2) is 8.75. The van der Waals surface area contributed by atoms with Gasteiger partial charge in [0.05, 0.1) is 19.9 Å². The van der Waals surface area contributed by atoms with Crippen LogP contribution in [-0.2, 0) is 13.6 Å². The summed E-state index contributed by atoms with van der Waals surface area (Å²) in [6.07, 6.45) is 2.76. The van der Waals surface area contributed by atoms with Crippen molar-refractivity contribution in [2.75, 3.05) is 19.0 Å². The van der Waals surface area contributed by atoms with E-state index in [2.05, 4.69) is 20.4 Å². The first-order valence-corrected chi connectivity index (χ1v) is 10.3. The summed E-state index contributed by atoms with van der Waals surface area (Å²) < 4.78 is 12.4. The van der Waals surface area contributed by atoms with E-state index >= 15 is 0 Å². The van der Waals surface area contributed by atoms with Crippen molar-refractivity contribution < 1.29 is 10.9 Å². The largest absolute Gasteiger partial charge is 0.495 e. The molecular weight excluding hydrogens is 394 g/mol. The van der Waals surface area contributed by atoms with Gasteiger partial charge in [0.2, 0.25) is 5.88 Å². The van der Waals surface area contributed by atoms with E-state index in [0.717, 1.165) is 34.8 Å². The fraction of sp³-hybridized carbons (Fsp3) is 0.391. The molecule has 0 spiro atoms. The summed E-state index contributed by atoms with van der Waals surface area (Å²) in [7, 11) is 3.26. The maximum absolute atomic E-state index is 12.5. The zero-order chi connectivity index (χ0) is 22.0. The number of nitrogens with one attached hydrogen (secondary N) is 1. The number of hydrogen-bond acceptors (Lipinski definition) is 7. The maximum Gasteiger partial charge on any atom is 0.290 e. The van der Waals surface area contributed by atoms with Gasteiger partial charge in [-0.15, -0.1) is 5.10 Å². The summed E-state index contributed by atoms with van der Waals surface area (Å²) in [5.41, 5.74) is 4.27. The van der Waals surface area contributed by atoms with Crippen LogP contribution in [0.1, 0.15) is 36.4 Å². The molecule has 4 rings (SSSR count). The van der Waals surface area contributed by atoms with E-state index in [1.807, 2.05) is 38.1 Å². The number of ether oxygens (including phenoxy) is 2. The summed E-state index contributed by atoms with van der Waals surface area (Å²) in [6, 6.07) is 9.58. The van der Waals surface area contributed by atoms with Gasteiger partial charge in [-0.25, -0.2) is 4.68 Å². The van der Waals surface area contributed by atoms with Crippen molar-refractivity contribution in [3.05, 3.63) is 69.5 Å². The lowest BCUT2D eigenvalue weighted by molar-refractivity contribution is 0.278. The average molecular weight is 424 g/mol. The lowest BCUT2D eigenvalue weighted by Crippen LogP contribution is -2.24. The van der Waals surface area contributed by atoms with Crippen LogP contribution in [0.3, 0.4) is 0 Å². The summed E-state index contributed by atoms with van der Waals surface area (Å²) in [5, 5.41) is 7.44. The third-order valence-corrected chi connectivity index (χ3v) is 5.59. The summed E-state index contributed by atoms with van der Waals surface area (Å²) >= 11 is 0. The topological polar surface area (TPSA) is 91.2 Å². The first kappa shape index (κ1) is 20.8. The van der Waals surface area contributed by atoms with Crippen LogP contribution in [0, 0.1) is 19.8 Å². The van der Waals surface area contributed by atoms with Gasteiger partial charge in [-0.05, 0) is 44.0 Å². The molecule has 2 atom stereocenters. The minimum atomic E-state index is -0.197. The van der Waals surface area contributed by atoms with Crippen LogP contribution in [0.25, 0.3) is 0 Å². The molecule has 3 aromatic rings. The minimum Gasteiger partial charge on any atom is -0.495 e. The van der Waals surface area contributed by atoms with Crippen molar-refractivity contribution in [1.29, 1.82) is 0 Å². The fourth-order valence-corrected chi connectivity index (χ4v) is 3.59. The molecule has 8 nitrogen and oxygen atoms in total. The first-order valence-electron chi connectivity index (χ1n) is 10.3. The van der Waals surface area contributed by atoms with Gasteiger partial charge in [0.25, 0.3) is 5.56 Å². The Morgan fingerprint density at radius 1 is 1.26 bits per heavy atom. The lowest BCUT2D eigenvalue weighted by Gasteiger charge is -2.12. The number of nitrogens with zero attached hydrogens (tertiary/aromatic N) is 4. The molecule has 0 amide bonds. The summed E-state index contributed by atoms with van der Waals surface area (Å²) in [4.78, 5) is 21.4. The molecule has 164 valence electrons. The number of rotatable bonds is 8. The van der Waals surface area contributed by atoms with Crippen molar-refractivity contribution in [2.24, 2.45) is 13.0 Å². The predicted molar refractivity (Wildman–Crippen MR) is 120 cm³/mol. The molecule has 0 bridgehead atoms. The van der Waals surface area contributed by atoms with E-state index in [9.17, 15) is 4.79 Å². The van der Waals surface area contributed by atoms with Gasteiger partial charge in [-0.1, -0.05) is 6.07 Å². The molecular formula is C23H29N5O3. The molecule has 3 aromatic heterocycles. The van der Waals surface area contributed by atoms with E-state index in [4.69, 9.17) is 9.47 Å².